The second-order valence-electron chi connectivity index (χ2n) is 4.98. The van der Waals surface area contributed by atoms with Crippen molar-refractivity contribution < 1.29 is 4.79 Å². The molecular formula is C17H20N2O. The number of hydrogen-bond donors (Lipinski definition) is 2. The van der Waals surface area contributed by atoms with E-state index in [0.29, 0.717) is 13.0 Å². The number of anilines is 1. The maximum Gasteiger partial charge on any atom is 0.229 e. The summed E-state index contributed by atoms with van der Waals surface area (Å²) in [5.74, 6) is -0.236. The molecular weight excluding hydrogens is 248 g/mol. The summed E-state index contributed by atoms with van der Waals surface area (Å²) in [5.41, 5.74) is 8.81. The van der Waals surface area contributed by atoms with Crippen LogP contribution in [0.1, 0.15) is 11.1 Å². The zero-order valence-corrected chi connectivity index (χ0v) is 11.7. The van der Waals surface area contributed by atoms with Crippen molar-refractivity contribution in [3.63, 3.8) is 0 Å². The average Bonchev–Trinajstić information content (AvgIpc) is 2.45. The van der Waals surface area contributed by atoms with E-state index in [0.717, 1.165) is 16.8 Å². The molecule has 2 aromatic carbocycles. The highest BCUT2D eigenvalue weighted by Gasteiger charge is 2.17. The van der Waals surface area contributed by atoms with E-state index in [4.69, 9.17) is 5.73 Å². The van der Waals surface area contributed by atoms with Crippen molar-refractivity contribution in [3.05, 3.63) is 65.7 Å². The third-order valence-corrected chi connectivity index (χ3v) is 3.27. The number of amides is 1. The summed E-state index contributed by atoms with van der Waals surface area (Å²) in [7, 11) is 0. The van der Waals surface area contributed by atoms with Crippen molar-refractivity contribution >= 4 is 11.6 Å². The van der Waals surface area contributed by atoms with Crippen LogP contribution in [0, 0.1) is 12.8 Å². The second-order valence-corrected chi connectivity index (χ2v) is 4.98. The molecule has 1 atom stereocenters. The molecule has 2 aromatic rings. The van der Waals surface area contributed by atoms with Crippen molar-refractivity contribution in [2.45, 2.75) is 13.3 Å². The first-order chi connectivity index (χ1) is 9.69. The van der Waals surface area contributed by atoms with Gasteiger partial charge >= 0.3 is 0 Å². The second kappa shape index (κ2) is 6.87. The zero-order chi connectivity index (χ0) is 14.4. The molecule has 0 heterocycles. The summed E-state index contributed by atoms with van der Waals surface area (Å²) in [5, 5.41) is 2.94. The molecule has 0 bridgehead atoms. The van der Waals surface area contributed by atoms with Crippen LogP contribution in [0.3, 0.4) is 0 Å². The van der Waals surface area contributed by atoms with Crippen LogP contribution in [-0.2, 0) is 11.2 Å². The van der Waals surface area contributed by atoms with Crippen LogP contribution in [-0.4, -0.2) is 12.5 Å². The molecule has 104 valence electrons. The molecule has 0 fully saturated rings. The van der Waals surface area contributed by atoms with Gasteiger partial charge in [-0.1, -0.05) is 42.5 Å². The molecule has 3 nitrogen and oxygen atoms in total. The Morgan fingerprint density at radius 2 is 1.90 bits per heavy atom. The standard InChI is InChI=1S/C17H20N2O/c1-13-6-5-9-16(10-13)19-17(20)15(12-18)11-14-7-3-2-4-8-14/h2-10,15H,11-12,18H2,1H3,(H,19,20). The van der Waals surface area contributed by atoms with Gasteiger partial charge in [-0.05, 0) is 36.6 Å². The van der Waals surface area contributed by atoms with Gasteiger partial charge in [0.2, 0.25) is 5.91 Å². The first-order valence-corrected chi connectivity index (χ1v) is 6.80. The summed E-state index contributed by atoms with van der Waals surface area (Å²) in [6.07, 6.45) is 0.662. The van der Waals surface area contributed by atoms with E-state index in [1.54, 1.807) is 0 Å². The quantitative estimate of drug-likeness (QED) is 0.876. The van der Waals surface area contributed by atoms with Crippen molar-refractivity contribution in [2.24, 2.45) is 11.7 Å². The lowest BCUT2D eigenvalue weighted by atomic mass is 9.98. The van der Waals surface area contributed by atoms with Crippen LogP contribution in [0.25, 0.3) is 0 Å². The smallest absolute Gasteiger partial charge is 0.229 e. The molecule has 1 amide bonds. The molecule has 0 spiro atoms. The molecule has 1 unspecified atom stereocenters. The van der Waals surface area contributed by atoms with E-state index in [-0.39, 0.29) is 11.8 Å². The lowest BCUT2D eigenvalue weighted by molar-refractivity contribution is -0.119. The fourth-order valence-electron chi connectivity index (χ4n) is 2.15. The maximum absolute atomic E-state index is 12.3. The SMILES string of the molecule is Cc1cccc(NC(=O)C(CN)Cc2ccccc2)c1. The number of carbonyl (C=O) groups excluding carboxylic acids is 1. The molecule has 2 rings (SSSR count). The Kier molecular flexibility index (Phi) is 4.91. The topological polar surface area (TPSA) is 55.1 Å². The van der Waals surface area contributed by atoms with Crippen molar-refractivity contribution in [2.75, 3.05) is 11.9 Å². The van der Waals surface area contributed by atoms with Gasteiger partial charge in [-0.25, -0.2) is 0 Å². The van der Waals surface area contributed by atoms with Gasteiger partial charge in [-0.3, -0.25) is 4.79 Å². The van der Waals surface area contributed by atoms with Gasteiger partial charge in [-0.2, -0.15) is 0 Å². The lowest BCUT2D eigenvalue weighted by Crippen LogP contribution is -2.31. The van der Waals surface area contributed by atoms with Gasteiger partial charge in [-0.15, -0.1) is 0 Å². The number of nitrogens with one attached hydrogen (secondary N) is 1. The molecule has 0 aliphatic carbocycles. The minimum Gasteiger partial charge on any atom is -0.330 e. The Labute approximate surface area is 119 Å². The molecule has 0 radical (unpaired) electrons. The van der Waals surface area contributed by atoms with Gasteiger partial charge in [0.05, 0.1) is 5.92 Å². The largest absolute Gasteiger partial charge is 0.330 e. The van der Waals surface area contributed by atoms with Gasteiger partial charge < -0.3 is 11.1 Å². The Hall–Kier alpha value is -2.13. The molecule has 3 heteroatoms. The van der Waals surface area contributed by atoms with Gasteiger partial charge in [0.25, 0.3) is 0 Å². The summed E-state index contributed by atoms with van der Waals surface area (Å²) in [6.45, 7) is 2.34. The van der Waals surface area contributed by atoms with E-state index >= 15 is 0 Å². The van der Waals surface area contributed by atoms with Gasteiger partial charge in [0.1, 0.15) is 0 Å². The molecule has 20 heavy (non-hydrogen) atoms. The number of aryl methyl sites for hydroxylation is 1. The molecule has 0 aliphatic rings. The Morgan fingerprint density at radius 1 is 1.15 bits per heavy atom. The van der Waals surface area contributed by atoms with Gasteiger partial charge in [0.15, 0.2) is 0 Å². The highest BCUT2D eigenvalue weighted by Crippen LogP contribution is 2.13. The van der Waals surface area contributed by atoms with E-state index < -0.39 is 0 Å². The lowest BCUT2D eigenvalue weighted by Gasteiger charge is -2.15. The summed E-state index contributed by atoms with van der Waals surface area (Å²) in [4.78, 5) is 12.3. The van der Waals surface area contributed by atoms with Crippen LogP contribution in [0.2, 0.25) is 0 Å². The highest BCUT2D eigenvalue weighted by molar-refractivity contribution is 5.92. The first-order valence-electron chi connectivity index (χ1n) is 6.80. The van der Waals surface area contributed by atoms with Crippen molar-refractivity contribution in [3.8, 4) is 0 Å². The fourth-order valence-corrected chi connectivity index (χ4v) is 2.15. The number of benzene rings is 2. The third-order valence-electron chi connectivity index (χ3n) is 3.27. The van der Waals surface area contributed by atoms with Crippen LogP contribution >= 0.6 is 0 Å². The predicted molar refractivity (Wildman–Crippen MR) is 82.5 cm³/mol. The van der Waals surface area contributed by atoms with E-state index in [9.17, 15) is 4.79 Å². The van der Waals surface area contributed by atoms with E-state index in [1.807, 2.05) is 61.5 Å². The normalized spacial score (nSPS) is 11.9. The van der Waals surface area contributed by atoms with E-state index in [2.05, 4.69) is 5.32 Å². The van der Waals surface area contributed by atoms with E-state index in [1.165, 1.54) is 0 Å². The zero-order valence-electron chi connectivity index (χ0n) is 11.7. The molecule has 0 saturated carbocycles. The minimum atomic E-state index is -0.210. The van der Waals surface area contributed by atoms with Crippen LogP contribution in [0.5, 0.6) is 0 Å². The first kappa shape index (κ1) is 14.3. The van der Waals surface area contributed by atoms with Crippen LogP contribution in [0.4, 0.5) is 5.69 Å². The van der Waals surface area contributed by atoms with Crippen LogP contribution < -0.4 is 11.1 Å². The molecule has 3 N–H and O–H groups in total. The Balaban J connectivity index is 2.02. The number of rotatable bonds is 5. The van der Waals surface area contributed by atoms with Crippen molar-refractivity contribution in [1.82, 2.24) is 0 Å². The molecule has 0 saturated heterocycles. The Morgan fingerprint density at radius 3 is 2.55 bits per heavy atom. The third kappa shape index (κ3) is 3.93. The number of nitrogens with two attached hydrogens (primary N) is 1. The molecule has 0 aliphatic heterocycles. The number of carbonyl (C=O) groups is 1. The summed E-state index contributed by atoms with van der Waals surface area (Å²) < 4.78 is 0. The number of hydrogen-bond acceptors (Lipinski definition) is 2. The van der Waals surface area contributed by atoms with Crippen LogP contribution in [0.15, 0.2) is 54.6 Å². The summed E-state index contributed by atoms with van der Waals surface area (Å²) in [6, 6.07) is 17.7. The maximum atomic E-state index is 12.3. The van der Waals surface area contributed by atoms with Gasteiger partial charge in [0, 0.05) is 12.2 Å². The minimum absolute atomic E-state index is 0.0260. The monoisotopic (exact) mass is 268 g/mol. The van der Waals surface area contributed by atoms with Crippen molar-refractivity contribution in [1.29, 1.82) is 0 Å². The Bertz CT molecular complexity index is 566. The average molecular weight is 268 g/mol. The summed E-state index contributed by atoms with van der Waals surface area (Å²) >= 11 is 0. The molecule has 0 aromatic heterocycles. The fraction of sp³-hybridized carbons (Fsp3) is 0.235. The predicted octanol–water partition coefficient (Wildman–Crippen LogP) is 2.75. The highest BCUT2D eigenvalue weighted by atomic mass is 16.1.